The van der Waals surface area contributed by atoms with Gasteiger partial charge in [-0.3, -0.25) is 0 Å². The first-order valence-corrected chi connectivity index (χ1v) is 9.02. The summed E-state index contributed by atoms with van der Waals surface area (Å²) in [5.74, 6) is 0.554. The maximum absolute atomic E-state index is 11.9. The Hall–Kier alpha value is -2.68. The highest BCUT2D eigenvalue weighted by Crippen LogP contribution is 2.42. The van der Waals surface area contributed by atoms with Crippen LogP contribution in [-0.4, -0.2) is 44.1 Å². The number of benzene rings is 1. The standard InChI is InChI=1S/C14H16N5O5P/c15-13-12-14(17-8-16-13)19(9-18-12)23-7-6-22-10-25(20,21)24-11-4-2-1-3-5-11/h1-5,8-9H,6-7,10H2,(H,20,21)(H2,15,16,17). The number of aromatic nitrogens is 4. The highest BCUT2D eigenvalue weighted by atomic mass is 31.2. The Morgan fingerprint density at radius 1 is 1.16 bits per heavy atom. The van der Waals surface area contributed by atoms with E-state index in [2.05, 4.69) is 15.0 Å². The third kappa shape index (κ3) is 4.44. The average Bonchev–Trinajstić information content (AvgIpc) is 3.00. The lowest BCUT2D eigenvalue weighted by atomic mass is 10.3. The number of hydrogen-bond acceptors (Lipinski definition) is 8. The van der Waals surface area contributed by atoms with Gasteiger partial charge < -0.3 is 24.7 Å². The van der Waals surface area contributed by atoms with Gasteiger partial charge in [-0.25, -0.2) is 19.5 Å². The van der Waals surface area contributed by atoms with Crippen LogP contribution in [0.3, 0.4) is 0 Å². The molecule has 0 saturated carbocycles. The number of hydrogen-bond donors (Lipinski definition) is 2. The van der Waals surface area contributed by atoms with Gasteiger partial charge in [-0.15, -0.1) is 0 Å². The van der Waals surface area contributed by atoms with Crippen molar-refractivity contribution in [3.8, 4) is 5.75 Å². The minimum absolute atomic E-state index is 0.0724. The van der Waals surface area contributed by atoms with Crippen LogP contribution in [0.4, 0.5) is 5.82 Å². The van der Waals surface area contributed by atoms with E-state index in [0.717, 1.165) is 0 Å². The minimum atomic E-state index is -3.89. The van der Waals surface area contributed by atoms with Crippen LogP contribution in [0.2, 0.25) is 0 Å². The van der Waals surface area contributed by atoms with Crippen molar-refractivity contribution in [3.63, 3.8) is 0 Å². The largest absolute Gasteiger partial charge is 0.423 e. The summed E-state index contributed by atoms with van der Waals surface area (Å²) in [5, 5.41) is 0. The number of nitrogens with zero attached hydrogens (tertiary/aromatic N) is 4. The molecule has 3 aromatic rings. The molecule has 2 aromatic heterocycles. The van der Waals surface area contributed by atoms with Crippen LogP contribution in [0.25, 0.3) is 11.2 Å². The summed E-state index contributed by atoms with van der Waals surface area (Å²) in [6.07, 6.45) is 2.26. The Morgan fingerprint density at radius 2 is 1.96 bits per heavy atom. The molecule has 0 radical (unpaired) electrons. The van der Waals surface area contributed by atoms with Gasteiger partial charge in [-0.1, -0.05) is 18.2 Å². The Kier molecular flexibility index (Phi) is 5.13. The van der Waals surface area contributed by atoms with Crippen molar-refractivity contribution in [3.05, 3.63) is 43.0 Å². The van der Waals surface area contributed by atoms with E-state index in [1.54, 1.807) is 30.3 Å². The molecule has 0 fully saturated rings. The first-order chi connectivity index (χ1) is 12.1. The highest BCUT2D eigenvalue weighted by Gasteiger charge is 2.21. The van der Waals surface area contributed by atoms with Crippen molar-refractivity contribution >= 4 is 24.6 Å². The predicted octanol–water partition coefficient (Wildman–Crippen LogP) is 1.08. The second kappa shape index (κ2) is 7.47. The van der Waals surface area contributed by atoms with Crippen LogP contribution in [0.1, 0.15) is 0 Å². The molecule has 1 atom stereocenters. The molecule has 1 unspecified atom stereocenters. The zero-order valence-corrected chi connectivity index (χ0v) is 14.0. The first kappa shape index (κ1) is 17.2. The van der Waals surface area contributed by atoms with Gasteiger partial charge in [0.2, 0.25) is 5.65 Å². The molecule has 3 N–H and O–H groups in total. The maximum Gasteiger partial charge on any atom is 0.402 e. The third-order valence-corrected chi connectivity index (χ3v) is 4.04. The van der Waals surface area contributed by atoms with Gasteiger partial charge in [0.25, 0.3) is 0 Å². The summed E-state index contributed by atoms with van der Waals surface area (Å²) >= 11 is 0. The number of imidazole rings is 1. The summed E-state index contributed by atoms with van der Waals surface area (Å²) in [6.45, 7) is 0.184. The lowest BCUT2D eigenvalue weighted by molar-refractivity contribution is 0.0525. The van der Waals surface area contributed by atoms with E-state index < -0.39 is 13.9 Å². The van der Waals surface area contributed by atoms with Crippen LogP contribution in [0.5, 0.6) is 5.75 Å². The summed E-state index contributed by atoms with van der Waals surface area (Å²) < 4.78 is 23.4. The predicted molar refractivity (Wildman–Crippen MR) is 88.9 cm³/mol. The second-order valence-electron chi connectivity index (χ2n) is 4.91. The molecular weight excluding hydrogens is 349 g/mol. The van der Waals surface area contributed by atoms with E-state index >= 15 is 0 Å². The molecule has 0 saturated heterocycles. The van der Waals surface area contributed by atoms with Crippen LogP contribution in [0, 0.1) is 0 Å². The van der Waals surface area contributed by atoms with Gasteiger partial charge >= 0.3 is 7.60 Å². The van der Waals surface area contributed by atoms with Crippen LogP contribution in [-0.2, 0) is 9.30 Å². The maximum atomic E-state index is 11.9. The van der Waals surface area contributed by atoms with Crippen molar-refractivity contribution in [1.29, 1.82) is 0 Å². The molecule has 0 bridgehead atoms. The molecule has 10 nitrogen and oxygen atoms in total. The minimum Gasteiger partial charge on any atom is -0.423 e. The lowest BCUT2D eigenvalue weighted by Gasteiger charge is -2.13. The molecule has 2 heterocycles. The number of para-hydroxylation sites is 1. The Bertz CT molecular complexity index is 888. The van der Waals surface area contributed by atoms with Crippen molar-refractivity contribution in [2.75, 3.05) is 25.3 Å². The topological polar surface area (TPSA) is 135 Å². The smallest absolute Gasteiger partial charge is 0.402 e. The van der Waals surface area contributed by atoms with Crippen LogP contribution in [0.15, 0.2) is 43.0 Å². The van der Waals surface area contributed by atoms with Gasteiger partial charge in [-0.05, 0) is 12.1 Å². The molecule has 25 heavy (non-hydrogen) atoms. The number of anilines is 1. The van der Waals surface area contributed by atoms with Gasteiger partial charge in [0, 0.05) is 0 Å². The second-order valence-corrected chi connectivity index (χ2v) is 6.63. The average molecular weight is 365 g/mol. The number of nitrogen functional groups attached to an aromatic ring is 1. The van der Waals surface area contributed by atoms with Crippen molar-refractivity contribution < 1.29 is 23.6 Å². The van der Waals surface area contributed by atoms with Crippen molar-refractivity contribution in [2.45, 2.75) is 0 Å². The highest BCUT2D eigenvalue weighted by molar-refractivity contribution is 7.53. The molecular formula is C14H16N5O5P. The Morgan fingerprint density at radius 3 is 2.76 bits per heavy atom. The first-order valence-electron chi connectivity index (χ1n) is 7.26. The fourth-order valence-corrected chi connectivity index (χ4v) is 2.84. The van der Waals surface area contributed by atoms with Crippen molar-refractivity contribution in [1.82, 2.24) is 19.7 Å². The molecule has 1 aromatic carbocycles. The van der Waals surface area contributed by atoms with E-state index in [1.807, 2.05) is 0 Å². The zero-order chi connectivity index (χ0) is 17.7. The monoisotopic (exact) mass is 365 g/mol. The third-order valence-electron chi connectivity index (χ3n) is 3.04. The normalized spacial score (nSPS) is 13.5. The van der Waals surface area contributed by atoms with Gasteiger partial charge in [0.15, 0.2) is 17.7 Å². The molecule has 11 heteroatoms. The molecule has 0 aliphatic rings. The fourth-order valence-electron chi connectivity index (χ4n) is 1.97. The number of rotatable bonds is 8. The van der Waals surface area contributed by atoms with E-state index in [9.17, 15) is 9.46 Å². The Balaban J connectivity index is 1.45. The van der Waals surface area contributed by atoms with Crippen molar-refractivity contribution in [2.24, 2.45) is 0 Å². The number of ether oxygens (including phenoxy) is 1. The summed E-state index contributed by atoms with van der Waals surface area (Å²) in [6, 6.07) is 8.36. The van der Waals surface area contributed by atoms with Gasteiger partial charge in [0.05, 0.1) is 6.61 Å². The summed E-state index contributed by atoms with van der Waals surface area (Å²) in [5.41, 5.74) is 6.53. The molecule has 0 spiro atoms. The van der Waals surface area contributed by atoms with E-state index in [-0.39, 0.29) is 19.0 Å². The molecule has 0 aliphatic carbocycles. The SMILES string of the molecule is Nc1ncnc2c1ncn2OCCOCP(=O)(O)Oc1ccccc1. The molecule has 0 aliphatic heterocycles. The van der Waals surface area contributed by atoms with E-state index in [0.29, 0.717) is 16.9 Å². The van der Waals surface area contributed by atoms with Crippen LogP contribution >= 0.6 is 7.60 Å². The molecule has 0 amide bonds. The summed E-state index contributed by atoms with van der Waals surface area (Å²) in [7, 11) is -3.89. The Labute approximate surface area is 142 Å². The van der Waals surface area contributed by atoms with E-state index in [4.69, 9.17) is 19.8 Å². The number of nitrogens with two attached hydrogens (primary N) is 1. The fraction of sp³-hybridized carbons (Fsp3) is 0.214. The number of fused-ring (bicyclic) bond motifs is 1. The molecule has 132 valence electrons. The summed E-state index contributed by atoms with van der Waals surface area (Å²) in [4.78, 5) is 27.1. The van der Waals surface area contributed by atoms with Crippen LogP contribution < -0.4 is 15.1 Å². The lowest BCUT2D eigenvalue weighted by Crippen LogP contribution is -2.17. The van der Waals surface area contributed by atoms with Gasteiger partial charge in [-0.2, -0.15) is 4.73 Å². The molecule has 3 rings (SSSR count). The quantitative estimate of drug-likeness (QED) is 0.444. The zero-order valence-electron chi connectivity index (χ0n) is 13.1. The van der Waals surface area contributed by atoms with Gasteiger partial charge in [0.1, 0.15) is 25.0 Å². The van der Waals surface area contributed by atoms with E-state index in [1.165, 1.54) is 17.4 Å².